The number of halogens is 1. The van der Waals surface area contributed by atoms with Crippen molar-refractivity contribution in [2.45, 2.75) is 25.8 Å². The standard InChI is InChI=1S/C12H14INO4/c1-2-3-9(12(17)18)14-11(16)7-4-5-8(13)10(15)6-7/h4-6,9,15H,2-3H2,1H3,(H,14,16)(H,17,18)/t9-/m0/s1. The molecule has 0 heterocycles. The van der Waals surface area contributed by atoms with Crippen LogP contribution in [0.15, 0.2) is 18.2 Å². The summed E-state index contributed by atoms with van der Waals surface area (Å²) in [6.45, 7) is 1.85. The Hall–Kier alpha value is -1.31. The SMILES string of the molecule is CCC[C@H](NC(=O)c1ccc(I)c(O)c1)C(=O)O. The number of aliphatic carboxylic acids is 1. The van der Waals surface area contributed by atoms with Gasteiger partial charge in [0.2, 0.25) is 0 Å². The van der Waals surface area contributed by atoms with Gasteiger partial charge in [-0.15, -0.1) is 0 Å². The van der Waals surface area contributed by atoms with Gasteiger partial charge in [-0.2, -0.15) is 0 Å². The van der Waals surface area contributed by atoms with Gasteiger partial charge in [-0.05, 0) is 47.2 Å². The summed E-state index contributed by atoms with van der Waals surface area (Å²) in [5, 5.41) is 20.9. The van der Waals surface area contributed by atoms with Crippen molar-refractivity contribution in [3.63, 3.8) is 0 Å². The Balaban J connectivity index is 2.80. The lowest BCUT2D eigenvalue weighted by Gasteiger charge is -2.13. The van der Waals surface area contributed by atoms with E-state index < -0.39 is 17.9 Å². The van der Waals surface area contributed by atoms with Gasteiger partial charge in [-0.1, -0.05) is 13.3 Å². The number of phenols is 1. The van der Waals surface area contributed by atoms with Crippen LogP contribution < -0.4 is 5.32 Å². The Bertz CT molecular complexity index is 461. The number of carboxylic acids is 1. The zero-order valence-corrected chi connectivity index (χ0v) is 12.0. The molecule has 0 radical (unpaired) electrons. The Morgan fingerprint density at radius 3 is 2.61 bits per heavy atom. The molecule has 6 heteroatoms. The highest BCUT2D eigenvalue weighted by atomic mass is 127. The molecule has 0 fully saturated rings. The molecule has 0 unspecified atom stereocenters. The Morgan fingerprint density at radius 1 is 1.44 bits per heavy atom. The molecule has 98 valence electrons. The summed E-state index contributed by atoms with van der Waals surface area (Å²) < 4.78 is 0.632. The summed E-state index contributed by atoms with van der Waals surface area (Å²) in [6, 6.07) is 3.56. The molecule has 0 aliphatic rings. The molecule has 0 saturated carbocycles. The van der Waals surface area contributed by atoms with Crippen molar-refractivity contribution in [3.05, 3.63) is 27.3 Å². The van der Waals surface area contributed by atoms with E-state index in [0.717, 1.165) is 0 Å². The average Bonchev–Trinajstić information content (AvgIpc) is 2.31. The lowest BCUT2D eigenvalue weighted by molar-refractivity contribution is -0.139. The maximum absolute atomic E-state index is 11.8. The zero-order chi connectivity index (χ0) is 13.7. The van der Waals surface area contributed by atoms with E-state index in [1.165, 1.54) is 6.07 Å². The van der Waals surface area contributed by atoms with E-state index in [1.807, 2.05) is 29.5 Å². The van der Waals surface area contributed by atoms with Crippen LogP contribution in [0.5, 0.6) is 5.75 Å². The summed E-state index contributed by atoms with van der Waals surface area (Å²) in [5.41, 5.74) is 0.246. The van der Waals surface area contributed by atoms with Crippen molar-refractivity contribution in [2.24, 2.45) is 0 Å². The van der Waals surface area contributed by atoms with E-state index >= 15 is 0 Å². The summed E-state index contributed by atoms with van der Waals surface area (Å²) >= 11 is 1.94. The number of carbonyl (C=O) groups excluding carboxylic acids is 1. The molecule has 0 saturated heterocycles. The number of hydrogen-bond donors (Lipinski definition) is 3. The van der Waals surface area contributed by atoms with Gasteiger partial charge >= 0.3 is 5.97 Å². The van der Waals surface area contributed by atoms with Crippen LogP contribution >= 0.6 is 22.6 Å². The molecule has 3 N–H and O–H groups in total. The third kappa shape index (κ3) is 3.86. The van der Waals surface area contributed by atoms with Gasteiger partial charge in [0, 0.05) is 5.56 Å². The molecule has 1 amide bonds. The molecule has 0 spiro atoms. The van der Waals surface area contributed by atoms with Crippen LogP contribution in [0.1, 0.15) is 30.1 Å². The predicted octanol–water partition coefficient (Wildman–Crippen LogP) is 1.98. The van der Waals surface area contributed by atoms with Crippen LogP contribution in [0.2, 0.25) is 0 Å². The smallest absolute Gasteiger partial charge is 0.326 e. The molecule has 1 aromatic carbocycles. The molecule has 1 atom stereocenters. The number of rotatable bonds is 5. The second kappa shape index (κ2) is 6.58. The lowest BCUT2D eigenvalue weighted by atomic mass is 10.1. The monoisotopic (exact) mass is 363 g/mol. The minimum Gasteiger partial charge on any atom is -0.507 e. The molecule has 0 aliphatic carbocycles. The Morgan fingerprint density at radius 2 is 2.11 bits per heavy atom. The molecule has 0 aliphatic heterocycles. The number of benzene rings is 1. The van der Waals surface area contributed by atoms with Crippen molar-refractivity contribution < 1.29 is 19.8 Å². The zero-order valence-electron chi connectivity index (χ0n) is 9.81. The molecule has 1 rings (SSSR count). The van der Waals surface area contributed by atoms with E-state index in [2.05, 4.69) is 5.32 Å². The number of amides is 1. The van der Waals surface area contributed by atoms with Gasteiger partial charge in [0.1, 0.15) is 11.8 Å². The largest absolute Gasteiger partial charge is 0.507 e. The highest BCUT2D eigenvalue weighted by Gasteiger charge is 2.19. The minimum atomic E-state index is -1.06. The van der Waals surface area contributed by atoms with E-state index in [-0.39, 0.29) is 11.3 Å². The van der Waals surface area contributed by atoms with E-state index in [1.54, 1.807) is 12.1 Å². The highest BCUT2D eigenvalue weighted by Crippen LogP contribution is 2.20. The first-order chi connectivity index (χ1) is 8.45. The fourth-order valence-electron chi connectivity index (χ4n) is 1.44. The number of carboxylic acid groups (broad SMARTS) is 1. The third-order valence-electron chi connectivity index (χ3n) is 2.39. The lowest BCUT2D eigenvalue weighted by Crippen LogP contribution is -2.40. The summed E-state index contributed by atoms with van der Waals surface area (Å²) in [7, 11) is 0. The van der Waals surface area contributed by atoms with Gasteiger partial charge in [-0.25, -0.2) is 4.79 Å². The van der Waals surface area contributed by atoms with Crippen LogP contribution in [0.3, 0.4) is 0 Å². The fraction of sp³-hybridized carbons (Fsp3) is 0.333. The van der Waals surface area contributed by atoms with E-state index in [9.17, 15) is 14.7 Å². The van der Waals surface area contributed by atoms with Crippen molar-refractivity contribution in [3.8, 4) is 5.75 Å². The number of phenolic OH excluding ortho intramolecular Hbond substituents is 1. The average molecular weight is 363 g/mol. The summed E-state index contributed by atoms with van der Waals surface area (Å²) in [5.74, 6) is -1.55. The quantitative estimate of drug-likeness (QED) is 0.699. The molecule has 0 aromatic heterocycles. The number of carbonyl (C=O) groups is 2. The maximum atomic E-state index is 11.8. The fourth-order valence-corrected chi connectivity index (χ4v) is 1.78. The van der Waals surface area contributed by atoms with Gasteiger partial charge in [0.15, 0.2) is 0 Å². The van der Waals surface area contributed by atoms with Crippen molar-refractivity contribution in [2.75, 3.05) is 0 Å². The van der Waals surface area contributed by atoms with E-state index in [4.69, 9.17) is 5.11 Å². The van der Waals surface area contributed by atoms with Crippen LogP contribution in [0.4, 0.5) is 0 Å². The highest BCUT2D eigenvalue weighted by molar-refractivity contribution is 14.1. The number of hydrogen-bond acceptors (Lipinski definition) is 3. The first-order valence-corrected chi connectivity index (χ1v) is 6.55. The minimum absolute atomic E-state index is 0.00520. The van der Waals surface area contributed by atoms with Gasteiger partial charge in [-0.3, -0.25) is 4.79 Å². The number of nitrogens with one attached hydrogen (secondary N) is 1. The first kappa shape index (κ1) is 14.7. The predicted molar refractivity (Wildman–Crippen MR) is 74.6 cm³/mol. The van der Waals surface area contributed by atoms with Gasteiger partial charge in [0.05, 0.1) is 3.57 Å². The molecule has 5 nitrogen and oxygen atoms in total. The summed E-state index contributed by atoms with van der Waals surface area (Å²) in [6.07, 6.45) is 1.03. The van der Waals surface area contributed by atoms with Crippen molar-refractivity contribution in [1.82, 2.24) is 5.32 Å². The van der Waals surface area contributed by atoms with Gasteiger partial charge < -0.3 is 15.5 Å². The maximum Gasteiger partial charge on any atom is 0.326 e. The first-order valence-electron chi connectivity index (χ1n) is 5.48. The molecule has 18 heavy (non-hydrogen) atoms. The van der Waals surface area contributed by atoms with Crippen molar-refractivity contribution >= 4 is 34.5 Å². The van der Waals surface area contributed by atoms with Crippen LogP contribution in [-0.4, -0.2) is 28.1 Å². The second-order valence-corrected chi connectivity index (χ2v) is 4.98. The van der Waals surface area contributed by atoms with E-state index in [0.29, 0.717) is 16.4 Å². The normalized spacial score (nSPS) is 11.9. The summed E-state index contributed by atoms with van der Waals surface area (Å²) in [4.78, 5) is 22.7. The Kier molecular flexibility index (Phi) is 5.39. The molecule has 0 bridgehead atoms. The molecular weight excluding hydrogens is 349 g/mol. The van der Waals surface area contributed by atoms with Crippen LogP contribution in [-0.2, 0) is 4.79 Å². The van der Waals surface area contributed by atoms with Crippen molar-refractivity contribution in [1.29, 1.82) is 0 Å². The second-order valence-electron chi connectivity index (χ2n) is 3.82. The molecule has 1 aromatic rings. The topological polar surface area (TPSA) is 86.6 Å². The Labute approximate surface area is 118 Å². The number of aromatic hydroxyl groups is 1. The van der Waals surface area contributed by atoms with Gasteiger partial charge in [0.25, 0.3) is 5.91 Å². The molecular formula is C12H14INO4. The van der Waals surface area contributed by atoms with Crippen LogP contribution in [0.25, 0.3) is 0 Å². The van der Waals surface area contributed by atoms with Crippen LogP contribution in [0, 0.1) is 3.57 Å². The third-order valence-corrected chi connectivity index (χ3v) is 3.30.